The van der Waals surface area contributed by atoms with Gasteiger partial charge in [-0.3, -0.25) is 4.79 Å². The quantitative estimate of drug-likeness (QED) is 0.758. The zero-order valence-electron chi connectivity index (χ0n) is 9.66. The van der Waals surface area contributed by atoms with E-state index in [0.717, 1.165) is 5.69 Å². The fourth-order valence-corrected chi connectivity index (χ4v) is 1.56. The molecule has 1 aliphatic rings. The molecule has 1 fully saturated rings. The minimum Gasteiger partial charge on any atom is -0.399 e. The van der Waals surface area contributed by atoms with Gasteiger partial charge in [-0.05, 0) is 31.0 Å². The van der Waals surface area contributed by atoms with Gasteiger partial charge in [-0.15, -0.1) is 0 Å². The molecule has 0 aliphatic heterocycles. The third kappa shape index (κ3) is 2.27. The van der Waals surface area contributed by atoms with Crippen LogP contribution in [0.4, 0.5) is 11.4 Å². The third-order valence-corrected chi connectivity index (χ3v) is 2.62. The van der Waals surface area contributed by atoms with Crippen molar-refractivity contribution in [3.63, 3.8) is 0 Å². The zero-order chi connectivity index (χ0) is 11.7. The average Bonchev–Trinajstić information content (AvgIpc) is 3.01. The van der Waals surface area contributed by atoms with Crippen LogP contribution in [0.2, 0.25) is 0 Å². The Balaban J connectivity index is 2.30. The number of nitrogen functional groups attached to an aromatic ring is 1. The molecule has 0 radical (unpaired) electrons. The first-order chi connectivity index (χ1) is 7.58. The Hall–Kier alpha value is -1.71. The Morgan fingerprint density at radius 1 is 1.44 bits per heavy atom. The van der Waals surface area contributed by atoms with Crippen molar-refractivity contribution in [3.05, 3.63) is 23.8 Å². The molecule has 0 atom stereocenters. The van der Waals surface area contributed by atoms with E-state index in [-0.39, 0.29) is 5.91 Å². The van der Waals surface area contributed by atoms with Gasteiger partial charge in [-0.25, -0.2) is 0 Å². The Kier molecular flexibility index (Phi) is 2.73. The lowest BCUT2D eigenvalue weighted by Gasteiger charge is -2.15. The molecular weight excluding hydrogens is 202 g/mol. The van der Waals surface area contributed by atoms with Gasteiger partial charge in [0.05, 0.1) is 5.56 Å². The standard InChI is InChI=1S/C12H17N3O/c1-15(2)12(16)10-6-3-8(13)7-11(10)14-9-4-5-9/h3,6-7,9,14H,4-5,13H2,1-2H3. The molecule has 86 valence electrons. The molecule has 2 rings (SSSR count). The van der Waals surface area contributed by atoms with Crippen LogP contribution in [0.1, 0.15) is 23.2 Å². The molecule has 1 aliphatic carbocycles. The summed E-state index contributed by atoms with van der Waals surface area (Å²) in [5, 5.41) is 3.33. The summed E-state index contributed by atoms with van der Waals surface area (Å²) in [6.07, 6.45) is 2.34. The van der Waals surface area contributed by atoms with Crippen molar-refractivity contribution in [2.75, 3.05) is 25.1 Å². The molecule has 1 amide bonds. The Labute approximate surface area is 95.4 Å². The highest BCUT2D eigenvalue weighted by atomic mass is 16.2. The van der Waals surface area contributed by atoms with E-state index < -0.39 is 0 Å². The predicted octanol–water partition coefficient (Wildman–Crippen LogP) is 1.54. The van der Waals surface area contributed by atoms with Gasteiger partial charge in [0.2, 0.25) is 0 Å². The summed E-state index contributed by atoms with van der Waals surface area (Å²) in [5.41, 5.74) is 7.95. The SMILES string of the molecule is CN(C)C(=O)c1ccc(N)cc1NC1CC1. The highest BCUT2D eigenvalue weighted by molar-refractivity contribution is 6.00. The zero-order valence-corrected chi connectivity index (χ0v) is 9.66. The van der Waals surface area contributed by atoms with Crippen LogP contribution in [0.3, 0.4) is 0 Å². The van der Waals surface area contributed by atoms with Gasteiger partial charge in [0.1, 0.15) is 0 Å². The second-order valence-electron chi connectivity index (χ2n) is 4.42. The maximum absolute atomic E-state index is 11.9. The summed E-state index contributed by atoms with van der Waals surface area (Å²) >= 11 is 0. The molecule has 3 N–H and O–H groups in total. The van der Waals surface area contributed by atoms with Crippen LogP contribution < -0.4 is 11.1 Å². The number of benzene rings is 1. The van der Waals surface area contributed by atoms with E-state index in [0.29, 0.717) is 17.3 Å². The normalized spacial score (nSPS) is 14.6. The van der Waals surface area contributed by atoms with Crippen LogP contribution in [0.5, 0.6) is 0 Å². The summed E-state index contributed by atoms with van der Waals surface area (Å²) in [6.45, 7) is 0. The number of nitrogens with zero attached hydrogens (tertiary/aromatic N) is 1. The van der Waals surface area contributed by atoms with Crippen molar-refractivity contribution in [1.82, 2.24) is 4.90 Å². The number of carbonyl (C=O) groups is 1. The highest BCUT2D eigenvalue weighted by Crippen LogP contribution is 2.28. The number of amides is 1. The van der Waals surface area contributed by atoms with E-state index in [4.69, 9.17) is 5.73 Å². The topological polar surface area (TPSA) is 58.4 Å². The van der Waals surface area contributed by atoms with Gasteiger partial charge in [0, 0.05) is 31.5 Å². The second kappa shape index (κ2) is 4.04. The molecule has 0 bridgehead atoms. The average molecular weight is 219 g/mol. The van der Waals surface area contributed by atoms with E-state index >= 15 is 0 Å². The summed E-state index contributed by atoms with van der Waals surface area (Å²) in [7, 11) is 3.50. The van der Waals surface area contributed by atoms with Crippen molar-refractivity contribution in [2.24, 2.45) is 0 Å². The van der Waals surface area contributed by atoms with Crippen molar-refractivity contribution in [2.45, 2.75) is 18.9 Å². The fraction of sp³-hybridized carbons (Fsp3) is 0.417. The smallest absolute Gasteiger partial charge is 0.255 e. The molecule has 1 aromatic carbocycles. The van der Waals surface area contributed by atoms with Crippen LogP contribution in [-0.4, -0.2) is 30.9 Å². The summed E-state index contributed by atoms with van der Waals surface area (Å²) < 4.78 is 0. The molecule has 0 spiro atoms. The molecule has 0 unspecified atom stereocenters. The van der Waals surface area contributed by atoms with Gasteiger partial charge in [0.25, 0.3) is 5.91 Å². The van der Waals surface area contributed by atoms with Gasteiger partial charge in [-0.1, -0.05) is 0 Å². The Morgan fingerprint density at radius 2 is 2.12 bits per heavy atom. The fourth-order valence-electron chi connectivity index (χ4n) is 1.56. The summed E-state index contributed by atoms with van der Waals surface area (Å²) in [6, 6.07) is 5.88. The number of rotatable bonds is 3. The molecule has 4 heteroatoms. The first-order valence-corrected chi connectivity index (χ1v) is 5.45. The number of hydrogen-bond donors (Lipinski definition) is 2. The molecular formula is C12H17N3O. The highest BCUT2D eigenvalue weighted by Gasteiger charge is 2.23. The monoisotopic (exact) mass is 219 g/mol. The van der Waals surface area contributed by atoms with Gasteiger partial charge in [-0.2, -0.15) is 0 Å². The number of anilines is 2. The Morgan fingerprint density at radius 3 is 2.69 bits per heavy atom. The van der Waals surface area contributed by atoms with E-state index in [1.54, 1.807) is 31.1 Å². The third-order valence-electron chi connectivity index (χ3n) is 2.62. The minimum absolute atomic E-state index is 0.00292. The largest absolute Gasteiger partial charge is 0.399 e. The lowest BCUT2D eigenvalue weighted by molar-refractivity contribution is 0.0828. The summed E-state index contributed by atoms with van der Waals surface area (Å²) in [5.74, 6) is 0.00292. The lowest BCUT2D eigenvalue weighted by atomic mass is 10.1. The second-order valence-corrected chi connectivity index (χ2v) is 4.42. The van der Waals surface area contributed by atoms with E-state index in [9.17, 15) is 4.79 Å². The van der Waals surface area contributed by atoms with Gasteiger partial charge >= 0.3 is 0 Å². The minimum atomic E-state index is 0.00292. The molecule has 1 aromatic rings. The first-order valence-electron chi connectivity index (χ1n) is 5.45. The first kappa shape index (κ1) is 10.8. The van der Waals surface area contributed by atoms with Crippen LogP contribution in [0.15, 0.2) is 18.2 Å². The number of carbonyl (C=O) groups excluding carboxylic acids is 1. The maximum atomic E-state index is 11.9. The van der Waals surface area contributed by atoms with Crippen molar-refractivity contribution in [1.29, 1.82) is 0 Å². The Bertz CT molecular complexity index is 411. The maximum Gasteiger partial charge on any atom is 0.255 e. The van der Waals surface area contributed by atoms with Gasteiger partial charge < -0.3 is 16.0 Å². The predicted molar refractivity (Wildman–Crippen MR) is 65.5 cm³/mol. The number of nitrogens with one attached hydrogen (secondary N) is 1. The molecule has 0 saturated heterocycles. The van der Waals surface area contributed by atoms with Crippen LogP contribution >= 0.6 is 0 Å². The van der Waals surface area contributed by atoms with E-state index in [1.165, 1.54) is 12.8 Å². The number of nitrogens with two attached hydrogens (primary N) is 1. The molecule has 1 saturated carbocycles. The van der Waals surface area contributed by atoms with Crippen molar-refractivity contribution in [3.8, 4) is 0 Å². The van der Waals surface area contributed by atoms with Crippen molar-refractivity contribution >= 4 is 17.3 Å². The van der Waals surface area contributed by atoms with Crippen LogP contribution in [-0.2, 0) is 0 Å². The molecule has 0 aromatic heterocycles. The van der Waals surface area contributed by atoms with Gasteiger partial charge in [0.15, 0.2) is 0 Å². The summed E-state index contributed by atoms with van der Waals surface area (Å²) in [4.78, 5) is 13.5. The lowest BCUT2D eigenvalue weighted by Crippen LogP contribution is -2.23. The van der Waals surface area contributed by atoms with Crippen LogP contribution in [0.25, 0.3) is 0 Å². The van der Waals surface area contributed by atoms with E-state index in [2.05, 4.69) is 5.32 Å². The number of hydrogen-bond acceptors (Lipinski definition) is 3. The van der Waals surface area contributed by atoms with Crippen LogP contribution in [0, 0.1) is 0 Å². The van der Waals surface area contributed by atoms with Crippen molar-refractivity contribution < 1.29 is 4.79 Å². The molecule has 4 nitrogen and oxygen atoms in total. The van der Waals surface area contributed by atoms with E-state index in [1.807, 2.05) is 6.07 Å². The molecule has 16 heavy (non-hydrogen) atoms. The molecule has 0 heterocycles.